The van der Waals surface area contributed by atoms with Gasteiger partial charge < -0.3 is 10.1 Å². The number of benzene rings is 2. The number of amides is 1. The molecule has 0 aliphatic heterocycles. The van der Waals surface area contributed by atoms with Crippen LogP contribution >= 0.6 is 27.5 Å². The van der Waals surface area contributed by atoms with Crippen LogP contribution < -0.4 is 10.1 Å². The van der Waals surface area contributed by atoms with Crippen molar-refractivity contribution >= 4 is 39.1 Å². The average Bonchev–Trinajstić information content (AvgIpc) is 2.43. The van der Waals surface area contributed by atoms with Crippen LogP contribution in [0, 0.1) is 0 Å². The molecule has 0 atom stereocenters. The van der Waals surface area contributed by atoms with Crippen molar-refractivity contribution in [1.82, 2.24) is 0 Å². The number of halogens is 4. The number of rotatable bonds is 5. The first-order valence-corrected chi connectivity index (χ1v) is 7.40. The lowest BCUT2D eigenvalue weighted by Gasteiger charge is -2.08. The molecule has 0 unspecified atom stereocenters. The number of hydrogen-bond donors (Lipinski definition) is 1. The highest BCUT2D eigenvalue weighted by Crippen LogP contribution is 2.25. The highest BCUT2D eigenvalue weighted by Gasteiger charge is 2.08. The molecular weight excluding hydrogens is 380 g/mol. The Morgan fingerprint density at radius 1 is 1.23 bits per heavy atom. The monoisotopic (exact) mass is 389 g/mol. The van der Waals surface area contributed by atoms with Crippen molar-refractivity contribution in [1.29, 1.82) is 0 Å². The molecule has 2 aromatic carbocycles. The number of ether oxygens (including phenoxy) is 1. The molecule has 0 aromatic heterocycles. The second-order valence-corrected chi connectivity index (χ2v) is 5.69. The molecule has 1 N–H and O–H groups in total. The van der Waals surface area contributed by atoms with Crippen molar-refractivity contribution in [2.24, 2.45) is 0 Å². The average molecular weight is 391 g/mol. The van der Waals surface area contributed by atoms with Crippen LogP contribution in [0.5, 0.6) is 5.75 Å². The van der Waals surface area contributed by atoms with E-state index in [4.69, 9.17) is 11.6 Å². The van der Waals surface area contributed by atoms with Gasteiger partial charge in [0, 0.05) is 4.47 Å². The first-order valence-electron chi connectivity index (χ1n) is 6.22. The summed E-state index contributed by atoms with van der Waals surface area (Å²) in [4.78, 5) is 11.9. The highest BCUT2D eigenvalue weighted by molar-refractivity contribution is 9.10. The van der Waals surface area contributed by atoms with Crippen LogP contribution in [0.2, 0.25) is 5.02 Å². The number of carbonyl (C=O) groups is 1. The number of anilines is 1. The van der Waals surface area contributed by atoms with Crippen molar-refractivity contribution in [3.63, 3.8) is 0 Å². The van der Waals surface area contributed by atoms with Gasteiger partial charge in [0.05, 0.1) is 17.1 Å². The molecule has 1 amide bonds. The van der Waals surface area contributed by atoms with Crippen LogP contribution in [0.3, 0.4) is 0 Å². The SMILES string of the molecule is O=C(Cc1ccc(OC(F)F)cc1)Nc1ccc(Br)cc1Cl. The lowest BCUT2D eigenvalue weighted by Crippen LogP contribution is -2.14. The Kier molecular flexibility index (Phi) is 5.74. The lowest BCUT2D eigenvalue weighted by atomic mass is 10.1. The molecule has 0 spiro atoms. The molecule has 0 radical (unpaired) electrons. The van der Waals surface area contributed by atoms with Gasteiger partial charge in [-0.05, 0) is 35.9 Å². The molecule has 0 saturated heterocycles. The molecular formula is C15H11BrClF2NO2. The van der Waals surface area contributed by atoms with Crippen LogP contribution in [-0.4, -0.2) is 12.5 Å². The van der Waals surface area contributed by atoms with Gasteiger partial charge in [0.2, 0.25) is 5.91 Å². The van der Waals surface area contributed by atoms with Gasteiger partial charge >= 0.3 is 6.61 Å². The molecule has 7 heteroatoms. The van der Waals surface area contributed by atoms with Crippen molar-refractivity contribution in [3.8, 4) is 5.75 Å². The van der Waals surface area contributed by atoms with Crippen molar-refractivity contribution < 1.29 is 18.3 Å². The number of nitrogens with one attached hydrogen (secondary N) is 1. The molecule has 2 rings (SSSR count). The second-order valence-electron chi connectivity index (χ2n) is 4.37. The number of hydrogen-bond acceptors (Lipinski definition) is 2. The van der Waals surface area contributed by atoms with Crippen molar-refractivity contribution in [2.75, 3.05) is 5.32 Å². The minimum absolute atomic E-state index is 0.0510. The lowest BCUT2D eigenvalue weighted by molar-refractivity contribution is -0.115. The first-order chi connectivity index (χ1) is 10.4. The fraction of sp³-hybridized carbons (Fsp3) is 0.133. The quantitative estimate of drug-likeness (QED) is 0.790. The molecule has 116 valence electrons. The maximum atomic E-state index is 12.0. The second kappa shape index (κ2) is 7.56. The summed E-state index contributed by atoms with van der Waals surface area (Å²) < 4.78 is 29.1. The summed E-state index contributed by atoms with van der Waals surface area (Å²) in [5, 5.41) is 3.11. The van der Waals surface area contributed by atoms with E-state index in [1.165, 1.54) is 12.1 Å². The maximum Gasteiger partial charge on any atom is 0.387 e. The fourth-order valence-electron chi connectivity index (χ4n) is 1.76. The standard InChI is InChI=1S/C15H11BrClF2NO2/c16-10-3-6-13(12(17)8-10)20-14(21)7-9-1-4-11(5-2-9)22-15(18)19/h1-6,8,15H,7H2,(H,20,21). The molecule has 22 heavy (non-hydrogen) atoms. The van der Waals surface area contributed by atoms with Gasteiger partial charge in [0.25, 0.3) is 0 Å². The summed E-state index contributed by atoms with van der Waals surface area (Å²) in [5.74, 6) is -0.207. The van der Waals surface area contributed by atoms with Gasteiger partial charge in [-0.3, -0.25) is 4.79 Å². The molecule has 2 aromatic rings. The van der Waals surface area contributed by atoms with E-state index >= 15 is 0 Å². The third-order valence-electron chi connectivity index (χ3n) is 2.72. The van der Waals surface area contributed by atoms with Gasteiger partial charge in [-0.1, -0.05) is 39.7 Å². The van der Waals surface area contributed by atoms with Gasteiger partial charge in [0.15, 0.2) is 0 Å². The van der Waals surface area contributed by atoms with Crippen LogP contribution in [-0.2, 0) is 11.2 Å². The Morgan fingerprint density at radius 2 is 1.91 bits per heavy atom. The Hall–Kier alpha value is -1.66. The predicted molar refractivity (Wildman–Crippen MR) is 84.6 cm³/mol. The van der Waals surface area contributed by atoms with Gasteiger partial charge in [0.1, 0.15) is 5.75 Å². The van der Waals surface area contributed by atoms with Gasteiger partial charge in [-0.2, -0.15) is 8.78 Å². The molecule has 0 fully saturated rings. The smallest absolute Gasteiger partial charge is 0.387 e. The van der Waals surface area contributed by atoms with Crippen LogP contribution in [0.1, 0.15) is 5.56 Å². The van der Waals surface area contributed by atoms with E-state index in [9.17, 15) is 13.6 Å². The minimum atomic E-state index is -2.87. The Balaban J connectivity index is 1.97. The zero-order chi connectivity index (χ0) is 16.1. The van der Waals surface area contributed by atoms with Gasteiger partial charge in [-0.15, -0.1) is 0 Å². The van der Waals surface area contributed by atoms with E-state index in [-0.39, 0.29) is 18.1 Å². The van der Waals surface area contributed by atoms with Crippen molar-refractivity contribution in [2.45, 2.75) is 13.0 Å². The summed E-state index contributed by atoms with van der Waals surface area (Å²) in [6, 6.07) is 11.0. The largest absolute Gasteiger partial charge is 0.435 e. The summed E-state index contributed by atoms with van der Waals surface area (Å²) >= 11 is 9.29. The van der Waals surface area contributed by atoms with E-state index in [0.717, 1.165) is 4.47 Å². The highest BCUT2D eigenvalue weighted by atomic mass is 79.9. The predicted octanol–water partition coefficient (Wildman–Crippen LogP) is 4.89. The zero-order valence-corrected chi connectivity index (χ0v) is 13.5. The topological polar surface area (TPSA) is 38.3 Å². The molecule has 0 bridgehead atoms. The van der Waals surface area contributed by atoms with E-state index in [1.807, 2.05) is 0 Å². The van der Waals surface area contributed by atoms with Crippen LogP contribution in [0.25, 0.3) is 0 Å². The molecule has 0 aliphatic rings. The van der Waals surface area contributed by atoms with E-state index in [2.05, 4.69) is 26.0 Å². The number of carbonyl (C=O) groups excluding carboxylic acids is 1. The van der Waals surface area contributed by atoms with Crippen LogP contribution in [0.4, 0.5) is 14.5 Å². The maximum absolute atomic E-state index is 12.0. The molecule has 0 saturated carbocycles. The van der Waals surface area contributed by atoms with Gasteiger partial charge in [-0.25, -0.2) is 0 Å². The van der Waals surface area contributed by atoms with Crippen LogP contribution in [0.15, 0.2) is 46.9 Å². The summed E-state index contributed by atoms with van der Waals surface area (Å²) in [6.07, 6.45) is 0.0986. The molecule has 0 heterocycles. The molecule has 3 nitrogen and oxygen atoms in total. The normalized spacial score (nSPS) is 10.6. The fourth-order valence-corrected chi connectivity index (χ4v) is 2.48. The summed E-state index contributed by atoms with van der Waals surface area (Å²) in [5.41, 5.74) is 1.18. The summed E-state index contributed by atoms with van der Waals surface area (Å²) in [7, 11) is 0. The third kappa shape index (κ3) is 4.96. The van der Waals surface area contributed by atoms with E-state index < -0.39 is 6.61 Å². The third-order valence-corrected chi connectivity index (χ3v) is 3.52. The summed E-state index contributed by atoms with van der Waals surface area (Å²) in [6.45, 7) is -2.87. The Morgan fingerprint density at radius 3 is 2.50 bits per heavy atom. The van der Waals surface area contributed by atoms with Crippen molar-refractivity contribution in [3.05, 3.63) is 57.5 Å². The molecule has 0 aliphatic carbocycles. The minimum Gasteiger partial charge on any atom is -0.435 e. The first kappa shape index (κ1) is 16.7. The number of alkyl halides is 2. The zero-order valence-electron chi connectivity index (χ0n) is 11.2. The van der Waals surface area contributed by atoms with E-state index in [1.54, 1.807) is 30.3 Å². The van der Waals surface area contributed by atoms with E-state index in [0.29, 0.717) is 16.3 Å². The Bertz CT molecular complexity index is 665. The Labute approximate surface area is 139 Å².